The predicted molar refractivity (Wildman–Crippen MR) is 73.7 cm³/mol. The molecule has 0 spiro atoms. The number of nitro groups is 1. The highest BCUT2D eigenvalue weighted by atomic mass is 79.9. The fourth-order valence-electron chi connectivity index (χ4n) is 1.98. The van der Waals surface area contributed by atoms with Crippen LogP contribution >= 0.6 is 27.5 Å². The van der Waals surface area contributed by atoms with Crippen molar-refractivity contribution in [1.29, 1.82) is 0 Å². The number of nitrogens with zero attached hydrogens (tertiary/aromatic N) is 1. The van der Waals surface area contributed by atoms with E-state index >= 15 is 0 Å². The standard InChI is InChI=1S/C12H13BrClNO3/c13-7-12(4-1-5-12)8-18-11-6-9(14)2-3-10(11)15(16)17/h2-3,6H,1,4-5,7-8H2. The van der Waals surface area contributed by atoms with E-state index < -0.39 is 4.92 Å². The molecule has 6 heteroatoms. The van der Waals surface area contributed by atoms with Crippen molar-refractivity contribution in [1.82, 2.24) is 0 Å². The number of alkyl halides is 1. The van der Waals surface area contributed by atoms with Crippen molar-refractivity contribution < 1.29 is 9.66 Å². The van der Waals surface area contributed by atoms with E-state index in [-0.39, 0.29) is 16.9 Å². The van der Waals surface area contributed by atoms with Crippen LogP contribution < -0.4 is 4.74 Å². The molecule has 1 aromatic rings. The first kappa shape index (κ1) is 13.6. The third-order valence-corrected chi connectivity index (χ3v) is 4.77. The Kier molecular flexibility index (Phi) is 4.12. The summed E-state index contributed by atoms with van der Waals surface area (Å²) in [5.41, 5.74) is 0.0827. The van der Waals surface area contributed by atoms with Gasteiger partial charge in [0, 0.05) is 27.9 Å². The molecule has 0 atom stereocenters. The summed E-state index contributed by atoms with van der Waals surface area (Å²) >= 11 is 9.32. The molecule has 0 radical (unpaired) electrons. The van der Waals surface area contributed by atoms with E-state index in [4.69, 9.17) is 16.3 Å². The molecule has 98 valence electrons. The zero-order valence-corrected chi connectivity index (χ0v) is 12.0. The zero-order chi connectivity index (χ0) is 13.2. The summed E-state index contributed by atoms with van der Waals surface area (Å²) in [6.45, 7) is 0.486. The third kappa shape index (κ3) is 2.78. The number of benzene rings is 1. The molecular formula is C12H13BrClNO3. The third-order valence-electron chi connectivity index (χ3n) is 3.35. The number of nitro benzene ring substituents is 1. The van der Waals surface area contributed by atoms with Crippen molar-refractivity contribution in [3.8, 4) is 5.75 Å². The molecule has 1 fully saturated rings. The van der Waals surface area contributed by atoms with Crippen molar-refractivity contribution in [3.63, 3.8) is 0 Å². The Morgan fingerprint density at radius 1 is 1.50 bits per heavy atom. The Balaban J connectivity index is 2.12. The second kappa shape index (κ2) is 5.45. The van der Waals surface area contributed by atoms with Gasteiger partial charge in [0.1, 0.15) is 0 Å². The fourth-order valence-corrected chi connectivity index (χ4v) is 2.86. The summed E-state index contributed by atoms with van der Waals surface area (Å²) in [6.07, 6.45) is 3.37. The lowest BCUT2D eigenvalue weighted by Gasteiger charge is -2.39. The van der Waals surface area contributed by atoms with E-state index in [1.807, 2.05) is 0 Å². The van der Waals surface area contributed by atoms with Crippen molar-refractivity contribution >= 4 is 33.2 Å². The van der Waals surface area contributed by atoms with Gasteiger partial charge in [0.2, 0.25) is 0 Å². The van der Waals surface area contributed by atoms with Crippen LogP contribution in [0, 0.1) is 15.5 Å². The average molecular weight is 335 g/mol. The van der Waals surface area contributed by atoms with Crippen LogP contribution in [-0.2, 0) is 0 Å². The quantitative estimate of drug-likeness (QED) is 0.461. The molecule has 1 saturated carbocycles. The molecular weight excluding hydrogens is 321 g/mol. The molecule has 0 unspecified atom stereocenters. The number of ether oxygens (including phenoxy) is 1. The van der Waals surface area contributed by atoms with E-state index in [2.05, 4.69) is 15.9 Å². The van der Waals surface area contributed by atoms with Crippen LogP contribution in [0.2, 0.25) is 5.02 Å². The topological polar surface area (TPSA) is 52.4 Å². The average Bonchev–Trinajstić information content (AvgIpc) is 2.28. The lowest BCUT2D eigenvalue weighted by molar-refractivity contribution is -0.386. The van der Waals surface area contributed by atoms with Crippen molar-refractivity contribution in [2.45, 2.75) is 19.3 Å². The van der Waals surface area contributed by atoms with Crippen molar-refractivity contribution in [3.05, 3.63) is 33.3 Å². The Hall–Kier alpha value is -0.810. The summed E-state index contributed by atoms with van der Waals surface area (Å²) in [5, 5.41) is 12.2. The molecule has 1 aliphatic carbocycles. The number of rotatable bonds is 5. The minimum Gasteiger partial charge on any atom is -0.486 e. The molecule has 0 amide bonds. The van der Waals surface area contributed by atoms with E-state index in [9.17, 15) is 10.1 Å². The van der Waals surface area contributed by atoms with Crippen LogP contribution in [-0.4, -0.2) is 16.9 Å². The minimum atomic E-state index is -0.451. The molecule has 0 N–H and O–H groups in total. The first-order valence-electron chi connectivity index (χ1n) is 5.69. The first-order valence-corrected chi connectivity index (χ1v) is 7.19. The summed E-state index contributed by atoms with van der Waals surface area (Å²) in [5.74, 6) is 0.250. The SMILES string of the molecule is O=[N+]([O-])c1ccc(Cl)cc1OCC1(CBr)CCC1. The highest BCUT2D eigenvalue weighted by molar-refractivity contribution is 9.09. The second-order valence-corrected chi connectivity index (χ2v) is 5.64. The van der Waals surface area contributed by atoms with Gasteiger partial charge >= 0.3 is 5.69 Å². The Morgan fingerprint density at radius 3 is 2.72 bits per heavy atom. The molecule has 18 heavy (non-hydrogen) atoms. The van der Waals surface area contributed by atoms with Crippen LogP contribution in [0.1, 0.15) is 19.3 Å². The van der Waals surface area contributed by atoms with Gasteiger partial charge in [0.15, 0.2) is 5.75 Å². The van der Waals surface area contributed by atoms with Gasteiger partial charge in [-0.3, -0.25) is 10.1 Å². The van der Waals surface area contributed by atoms with Crippen molar-refractivity contribution in [2.75, 3.05) is 11.9 Å². The fraction of sp³-hybridized carbons (Fsp3) is 0.500. The highest BCUT2D eigenvalue weighted by Crippen LogP contribution is 2.43. The second-order valence-electron chi connectivity index (χ2n) is 4.65. The molecule has 0 aromatic heterocycles. The lowest BCUT2D eigenvalue weighted by atomic mass is 9.71. The monoisotopic (exact) mass is 333 g/mol. The van der Waals surface area contributed by atoms with Gasteiger partial charge in [0.25, 0.3) is 0 Å². The summed E-state index contributed by atoms with van der Waals surface area (Å²) < 4.78 is 5.62. The van der Waals surface area contributed by atoms with Gasteiger partial charge in [-0.1, -0.05) is 34.0 Å². The van der Waals surface area contributed by atoms with E-state index in [0.29, 0.717) is 11.6 Å². The number of hydrogen-bond donors (Lipinski definition) is 0. The van der Waals surface area contributed by atoms with Crippen LogP contribution in [0.3, 0.4) is 0 Å². The Morgan fingerprint density at radius 2 is 2.22 bits per heavy atom. The lowest BCUT2D eigenvalue weighted by Crippen LogP contribution is -2.37. The molecule has 2 rings (SSSR count). The zero-order valence-electron chi connectivity index (χ0n) is 9.70. The van der Waals surface area contributed by atoms with Gasteiger partial charge in [-0.25, -0.2) is 0 Å². The predicted octanol–water partition coefficient (Wildman–Crippen LogP) is 4.19. The molecule has 0 saturated heterocycles. The molecule has 1 aromatic carbocycles. The van der Waals surface area contributed by atoms with Gasteiger partial charge < -0.3 is 4.74 Å². The maximum atomic E-state index is 10.9. The van der Waals surface area contributed by atoms with E-state index in [0.717, 1.165) is 18.2 Å². The van der Waals surface area contributed by atoms with E-state index in [1.54, 1.807) is 0 Å². The molecule has 0 aliphatic heterocycles. The van der Waals surface area contributed by atoms with Gasteiger partial charge in [-0.05, 0) is 18.9 Å². The largest absolute Gasteiger partial charge is 0.486 e. The Bertz CT molecular complexity index is 457. The molecule has 0 heterocycles. The Labute approximate surface area is 119 Å². The smallest absolute Gasteiger partial charge is 0.311 e. The van der Waals surface area contributed by atoms with Crippen LogP contribution in [0.5, 0.6) is 5.75 Å². The van der Waals surface area contributed by atoms with Crippen LogP contribution in [0.4, 0.5) is 5.69 Å². The normalized spacial score (nSPS) is 17.0. The minimum absolute atomic E-state index is 0.0385. The van der Waals surface area contributed by atoms with Crippen molar-refractivity contribution in [2.24, 2.45) is 5.41 Å². The number of hydrogen-bond acceptors (Lipinski definition) is 3. The number of halogens is 2. The van der Waals surface area contributed by atoms with Gasteiger partial charge in [-0.15, -0.1) is 0 Å². The summed E-state index contributed by atoms with van der Waals surface area (Å²) in [4.78, 5) is 10.4. The maximum Gasteiger partial charge on any atom is 0.311 e. The maximum absolute atomic E-state index is 10.9. The van der Waals surface area contributed by atoms with E-state index in [1.165, 1.54) is 24.6 Å². The highest BCUT2D eigenvalue weighted by Gasteiger charge is 2.37. The van der Waals surface area contributed by atoms with Gasteiger partial charge in [0.05, 0.1) is 11.5 Å². The van der Waals surface area contributed by atoms with Gasteiger partial charge in [-0.2, -0.15) is 0 Å². The summed E-state index contributed by atoms with van der Waals surface area (Å²) in [6, 6.07) is 4.37. The molecule has 0 bridgehead atoms. The molecule has 4 nitrogen and oxygen atoms in total. The molecule has 1 aliphatic rings. The van der Waals surface area contributed by atoms with Crippen LogP contribution in [0.15, 0.2) is 18.2 Å². The first-order chi connectivity index (χ1) is 8.56. The summed E-state index contributed by atoms with van der Waals surface area (Å²) in [7, 11) is 0. The van der Waals surface area contributed by atoms with Crippen LogP contribution in [0.25, 0.3) is 0 Å².